The third-order valence-corrected chi connectivity index (χ3v) is 4.14. The molecule has 126 valence electrons. The Hall–Kier alpha value is -2.66. The Bertz CT molecular complexity index is 895. The summed E-state index contributed by atoms with van der Waals surface area (Å²) >= 11 is 3.44. The van der Waals surface area contributed by atoms with Crippen LogP contribution in [0.4, 0.5) is 11.4 Å². The van der Waals surface area contributed by atoms with Crippen molar-refractivity contribution in [2.75, 3.05) is 5.32 Å². The van der Waals surface area contributed by atoms with Gasteiger partial charge in [-0.05, 0) is 36.8 Å². The zero-order valence-electron chi connectivity index (χ0n) is 13.8. The number of nitrogens with one attached hydrogen (secondary N) is 2. The second-order valence-corrected chi connectivity index (χ2v) is 6.69. The third kappa shape index (κ3) is 4.90. The van der Waals surface area contributed by atoms with Gasteiger partial charge in [0, 0.05) is 22.9 Å². The fourth-order valence-corrected chi connectivity index (χ4v) is 2.87. The number of rotatable bonds is 5. The molecule has 0 fully saturated rings. The molecular weight excluding hydrogens is 378 g/mol. The molecule has 1 heterocycles. The van der Waals surface area contributed by atoms with E-state index < -0.39 is 0 Å². The number of anilines is 2. The summed E-state index contributed by atoms with van der Waals surface area (Å²) in [6.07, 6.45) is 3.26. The predicted molar refractivity (Wildman–Crippen MR) is 104 cm³/mol. The number of hydrogen-bond acceptors (Lipinski definition) is 3. The van der Waals surface area contributed by atoms with E-state index in [0.717, 1.165) is 21.4 Å². The minimum atomic E-state index is -0.146. The molecule has 0 saturated heterocycles. The van der Waals surface area contributed by atoms with E-state index in [1.54, 1.807) is 18.5 Å². The van der Waals surface area contributed by atoms with E-state index in [9.17, 15) is 4.79 Å². The summed E-state index contributed by atoms with van der Waals surface area (Å²) in [6, 6.07) is 17.7. The lowest BCUT2D eigenvalue weighted by Crippen LogP contribution is -2.23. The van der Waals surface area contributed by atoms with Crippen molar-refractivity contribution in [1.82, 2.24) is 10.3 Å². The largest absolute Gasteiger partial charge is 0.354 e. The van der Waals surface area contributed by atoms with Crippen LogP contribution in [0.5, 0.6) is 0 Å². The Morgan fingerprint density at radius 2 is 1.88 bits per heavy atom. The van der Waals surface area contributed by atoms with Gasteiger partial charge in [0.1, 0.15) is 0 Å². The average Bonchev–Trinajstić information content (AvgIpc) is 2.60. The fraction of sp³-hybridized carbons (Fsp3) is 0.100. The van der Waals surface area contributed by atoms with Crippen LogP contribution >= 0.6 is 15.9 Å². The first-order valence-corrected chi connectivity index (χ1v) is 8.71. The minimum Gasteiger partial charge on any atom is -0.354 e. The Kier molecular flexibility index (Phi) is 5.46. The number of aryl methyl sites for hydroxylation is 1. The zero-order valence-corrected chi connectivity index (χ0v) is 15.4. The maximum Gasteiger partial charge on any atom is 0.253 e. The normalized spacial score (nSPS) is 10.3. The number of aromatic nitrogens is 1. The average molecular weight is 396 g/mol. The first-order valence-electron chi connectivity index (χ1n) is 7.91. The highest BCUT2D eigenvalue weighted by Crippen LogP contribution is 2.20. The van der Waals surface area contributed by atoms with Crippen LogP contribution in [0.15, 0.2) is 71.5 Å². The highest BCUT2D eigenvalue weighted by molar-refractivity contribution is 9.10. The van der Waals surface area contributed by atoms with Gasteiger partial charge in [-0.15, -0.1) is 0 Å². The quantitative estimate of drug-likeness (QED) is 0.650. The molecule has 0 aliphatic heterocycles. The molecule has 1 aromatic heterocycles. The van der Waals surface area contributed by atoms with Crippen molar-refractivity contribution in [3.8, 4) is 0 Å². The summed E-state index contributed by atoms with van der Waals surface area (Å²) in [7, 11) is 0. The number of carbonyl (C=O) groups is 1. The van der Waals surface area contributed by atoms with Crippen LogP contribution in [-0.2, 0) is 6.54 Å². The van der Waals surface area contributed by atoms with Crippen molar-refractivity contribution in [3.05, 3.63) is 88.2 Å². The van der Waals surface area contributed by atoms with E-state index in [1.807, 2.05) is 49.4 Å². The van der Waals surface area contributed by atoms with Gasteiger partial charge in [0.05, 0.1) is 17.4 Å². The molecule has 0 saturated carbocycles. The molecule has 0 spiro atoms. The van der Waals surface area contributed by atoms with E-state index in [1.165, 1.54) is 5.56 Å². The SMILES string of the molecule is Cc1cccc(CNC(=O)c2cncc(Nc3cccc(Br)c3)c2)c1. The maximum atomic E-state index is 12.4. The summed E-state index contributed by atoms with van der Waals surface area (Å²) in [5.74, 6) is -0.146. The molecule has 0 bridgehead atoms. The van der Waals surface area contributed by atoms with E-state index in [-0.39, 0.29) is 5.91 Å². The lowest BCUT2D eigenvalue weighted by molar-refractivity contribution is 0.0950. The third-order valence-electron chi connectivity index (χ3n) is 3.65. The second kappa shape index (κ2) is 7.94. The van der Waals surface area contributed by atoms with Crippen LogP contribution in [0, 0.1) is 6.92 Å². The van der Waals surface area contributed by atoms with Gasteiger partial charge in [0.25, 0.3) is 5.91 Å². The number of benzene rings is 2. The number of carbonyl (C=O) groups excluding carboxylic acids is 1. The Morgan fingerprint density at radius 3 is 2.68 bits per heavy atom. The molecule has 5 heteroatoms. The first kappa shape index (κ1) is 17.2. The molecular formula is C20H18BrN3O. The van der Waals surface area contributed by atoms with Crippen LogP contribution < -0.4 is 10.6 Å². The van der Waals surface area contributed by atoms with Gasteiger partial charge in [-0.3, -0.25) is 9.78 Å². The summed E-state index contributed by atoms with van der Waals surface area (Å²) in [5, 5.41) is 6.18. The van der Waals surface area contributed by atoms with Crippen LogP contribution in [0.1, 0.15) is 21.5 Å². The van der Waals surface area contributed by atoms with Crippen molar-refractivity contribution >= 4 is 33.2 Å². The van der Waals surface area contributed by atoms with Crippen molar-refractivity contribution in [2.24, 2.45) is 0 Å². The van der Waals surface area contributed by atoms with Gasteiger partial charge in [-0.2, -0.15) is 0 Å². The smallest absolute Gasteiger partial charge is 0.253 e. The van der Waals surface area contributed by atoms with Crippen molar-refractivity contribution < 1.29 is 4.79 Å². The number of hydrogen-bond donors (Lipinski definition) is 2. The molecule has 2 N–H and O–H groups in total. The van der Waals surface area contributed by atoms with Gasteiger partial charge < -0.3 is 10.6 Å². The summed E-state index contributed by atoms with van der Waals surface area (Å²) in [4.78, 5) is 16.5. The summed E-state index contributed by atoms with van der Waals surface area (Å²) < 4.78 is 0.984. The van der Waals surface area contributed by atoms with Crippen LogP contribution in [-0.4, -0.2) is 10.9 Å². The Labute approximate surface area is 155 Å². The molecule has 1 amide bonds. The van der Waals surface area contributed by atoms with Gasteiger partial charge in [-0.1, -0.05) is 51.8 Å². The monoisotopic (exact) mass is 395 g/mol. The van der Waals surface area contributed by atoms with Crippen molar-refractivity contribution in [1.29, 1.82) is 0 Å². The molecule has 4 nitrogen and oxygen atoms in total. The zero-order chi connectivity index (χ0) is 17.6. The molecule has 25 heavy (non-hydrogen) atoms. The molecule has 0 radical (unpaired) electrons. The van der Waals surface area contributed by atoms with Crippen molar-refractivity contribution in [3.63, 3.8) is 0 Å². The molecule has 0 unspecified atom stereocenters. The predicted octanol–water partition coefficient (Wildman–Crippen LogP) is 4.83. The van der Waals surface area contributed by atoms with Gasteiger partial charge in [-0.25, -0.2) is 0 Å². The highest BCUT2D eigenvalue weighted by atomic mass is 79.9. The standard InChI is InChI=1S/C20H18BrN3O/c1-14-4-2-5-15(8-14)11-23-20(25)16-9-19(13-22-12-16)24-18-7-3-6-17(21)10-18/h2-10,12-13,24H,11H2,1H3,(H,23,25). The molecule has 3 rings (SSSR count). The van der Waals surface area contributed by atoms with Crippen LogP contribution in [0.25, 0.3) is 0 Å². The Morgan fingerprint density at radius 1 is 1.04 bits per heavy atom. The summed E-state index contributed by atoms with van der Waals surface area (Å²) in [5.41, 5.74) is 4.46. The summed E-state index contributed by atoms with van der Waals surface area (Å²) in [6.45, 7) is 2.52. The topological polar surface area (TPSA) is 54.0 Å². The number of halogens is 1. The number of pyridine rings is 1. The molecule has 3 aromatic rings. The Balaban J connectivity index is 1.67. The van der Waals surface area contributed by atoms with E-state index >= 15 is 0 Å². The van der Waals surface area contributed by atoms with Gasteiger partial charge in [0.2, 0.25) is 0 Å². The highest BCUT2D eigenvalue weighted by Gasteiger charge is 2.07. The minimum absolute atomic E-state index is 0.146. The van der Waals surface area contributed by atoms with E-state index in [4.69, 9.17) is 0 Å². The van der Waals surface area contributed by atoms with E-state index in [0.29, 0.717) is 12.1 Å². The van der Waals surface area contributed by atoms with Gasteiger partial charge in [0.15, 0.2) is 0 Å². The lowest BCUT2D eigenvalue weighted by Gasteiger charge is -2.09. The lowest BCUT2D eigenvalue weighted by atomic mass is 10.1. The molecule has 0 aliphatic rings. The molecule has 0 atom stereocenters. The van der Waals surface area contributed by atoms with E-state index in [2.05, 4.69) is 37.6 Å². The maximum absolute atomic E-state index is 12.4. The second-order valence-electron chi connectivity index (χ2n) is 5.77. The van der Waals surface area contributed by atoms with Gasteiger partial charge >= 0.3 is 0 Å². The van der Waals surface area contributed by atoms with Crippen LogP contribution in [0.2, 0.25) is 0 Å². The molecule has 0 aliphatic carbocycles. The first-order chi connectivity index (χ1) is 12.1. The fourth-order valence-electron chi connectivity index (χ4n) is 2.47. The van der Waals surface area contributed by atoms with Crippen LogP contribution in [0.3, 0.4) is 0 Å². The number of amides is 1. The molecule has 2 aromatic carbocycles. The van der Waals surface area contributed by atoms with Crippen molar-refractivity contribution in [2.45, 2.75) is 13.5 Å². The number of nitrogens with zero attached hydrogens (tertiary/aromatic N) is 1.